The maximum atomic E-state index is 13.7. The van der Waals surface area contributed by atoms with Crippen LogP contribution in [0.1, 0.15) is 49.3 Å². The summed E-state index contributed by atoms with van der Waals surface area (Å²) in [7, 11) is -2.65. The van der Waals surface area contributed by atoms with E-state index in [0.29, 0.717) is 28.1 Å². The molecule has 45 heavy (non-hydrogen) atoms. The zero-order chi connectivity index (χ0) is 32.3. The molecule has 1 amide bonds. The fourth-order valence-electron chi connectivity index (χ4n) is 5.13. The molecule has 1 aliphatic rings. The summed E-state index contributed by atoms with van der Waals surface area (Å²) in [6, 6.07) is 26.0. The van der Waals surface area contributed by atoms with E-state index in [1.807, 2.05) is 24.3 Å². The molecule has 0 spiro atoms. The standard InChI is InChI=1S/C35H33ClN2O6S/c1-23(2)26-12-16-28(17-13-26)38-24(3)33(35(40)43-4)32(34(38)39)20-29-18-19-30(44-29)22-37(21-25-10-14-27(36)15-11-25)45(41,42)31-8-6-5-7-9-31/h5-20,23H,21-22H2,1-4H3/b32-20+. The zero-order valence-corrected chi connectivity index (χ0v) is 26.9. The number of hydrogen-bond acceptors (Lipinski definition) is 6. The number of anilines is 1. The number of furan rings is 1. The Bertz CT molecular complexity index is 1880. The highest BCUT2D eigenvalue weighted by Gasteiger charge is 2.38. The molecule has 0 aliphatic carbocycles. The molecule has 1 aromatic heterocycles. The van der Waals surface area contributed by atoms with Gasteiger partial charge in [0, 0.05) is 23.0 Å². The molecule has 232 valence electrons. The predicted octanol–water partition coefficient (Wildman–Crippen LogP) is 7.32. The van der Waals surface area contributed by atoms with Crippen molar-refractivity contribution >= 4 is 45.3 Å². The first-order valence-electron chi connectivity index (χ1n) is 14.3. The monoisotopic (exact) mass is 644 g/mol. The third-order valence-corrected chi connectivity index (χ3v) is 9.62. The Labute approximate surface area is 268 Å². The summed E-state index contributed by atoms with van der Waals surface area (Å²) in [6.07, 6.45) is 1.49. The van der Waals surface area contributed by atoms with Gasteiger partial charge in [0.2, 0.25) is 10.0 Å². The number of carbonyl (C=O) groups excluding carboxylic acids is 2. The van der Waals surface area contributed by atoms with E-state index in [9.17, 15) is 18.0 Å². The van der Waals surface area contributed by atoms with Crippen LogP contribution >= 0.6 is 11.6 Å². The second-order valence-electron chi connectivity index (χ2n) is 10.9. The molecule has 0 N–H and O–H groups in total. The Morgan fingerprint density at radius 1 is 0.956 bits per heavy atom. The summed E-state index contributed by atoms with van der Waals surface area (Å²) < 4.78 is 39.8. The molecule has 2 heterocycles. The average molecular weight is 645 g/mol. The average Bonchev–Trinajstić information content (AvgIpc) is 3.58. The van der Waals surface area contributed by atoms with E-state index in [-0.39, 0.29) is 34.9 Å². The molecule has 0 saturated heterocycles. The lowest BCUT2D eigenvalue weighted by Crippen LogP contribution is -2.30. The van der Waals surface area contributed by atoms with E-state index < -0.39 is 21.9 Å². The first-order valence-corrected chi connectivity index (χ1v) is 16.2. The normalized spacial score (nSPS) is 14.7. The largest absolute Gasteiger partial charge is 0.465 e. The third-order valence-electron chi connectivity index (χ3n) is 7.56. The van der Waals surface area contributed by atoms with Crippen LogP contribution in [0.2, 0.25) is 5.02 Å². The second kappa shape index (κ2) is 13.3. The smallest absolute Gasteiger partial charge is 0.340 e. The van der Waals surface area contributed by atoms with Crippen molar-refractivity contribution in [1.82, 2.24) is 4.31 Å². The zero-order valence-electron chi connectivity index (χ0n) is 25.4. The Morgan fingerprint density at radius 2 is 1.62 bits per heavy atom. The van der Waals surface area contributed by atoms with Crippen LogP contribution < -0.4 is 4.90 Å². The van der Waals surface area contributed by atoms with Crippen LogP contribution in [0.4, 0.5) is 5.69 Å². The molecule has 10 heteroatoms. The van der Waals surface area contributed by atoms with Crippen molar-refractivity contribution in [3.8, 4) is 0 Å². The van der Waals surface area contributed by atoms with E-state index in [4.69, 9.17) is 20.8 Å². The molecule has 1 aliphatic heterocycles. The van der Waals surface area contributed by atoms with Crippen LogP contribution in [0.5, 0.6) is 0 Å². The number of amides is 1. The molecule has 0 unspecified atom stereocenters. The van der Waals surface area contributed by atoms with Crippen LogP contribution in [0, 0.1) is 0 Å². The number of ether oxygens (including phenoxy) is 1. The SMILES string of the molecule is COC(=O)C1=C(C)N(c2ccc(C(C)C)cc2)C(=O)/C1=C/c1ccc(CN(Cc2ccc(Cl)cc2)S(=O)(=O)c2ccccc2)o1. The van der Waals surface area contributed by atoms with Crippen LogP contribution in [0.25, 0.3) is 6.08 Å². The van der Waals surface area contributed by atoms with Gasteiger partial charge in [-0.2, -0.15) is 4.31 Å². The van der Waals surface area contributed by atoms with E-state index in [1.54, 1.807) is 73.7 Å². The van der Waals surface area contributed by atoms with E-state index in [1.165, 1.54) is 22.4 Å². The summed E-state index contributed by atoms with van der Waals surface area (Å²) in [6.45, 7) is 5.86. The lowest BCUT2D eigenvalue weighted by atomic mass is 10.0. The van der Waals surface area contributed by atoms with Crippen LogP contribution in [-0.4, -0.2) is 31.7 Å². The van der Waals surface area contributed by atoms with Gasteiger partial charge < -0.3 is 9.15 Å². The Balaban J connectivity index is 1.47. The summed E-state index contributed by atoms with van der Waals surface area (Å²) in [5.41, 5.74) is 3.17. The van der Waals surface area contributed by atoms with Crippen molar-refractivity contribution in [3.63, 3.8) is 0 Å². The fraction of sp³-hybridized carbons (Fsp3) is 0.200. The van der Waals surface area contributed by atoms with Gasteiger partial charge in [-0.05, 0) is 78.6 Å². The quantitative estimate of drug-likeness (QED) is 0.133. The lowest BCUT2D eigenvalue weighted by Gasteiger charge is -2.21. The molecule has 4 aromatic rings. The number of rotatable bonds is 10. The molecular weight excluding hydrogens is 612 g/mol. The van der Waals surface area contributed by atoms with Crippen LogP contribution in [-0.2, 0) is 37.4 Å². The second-order valence-corrected chi connectivity index (χ2v) is 13.3. The molecule has 0 atom stereocenters. The van der Waals surface area contributed by atoms with Gasteiger partial charge in [-0.3, -0.25) is 9.69 Å². The van der Waals surface area contributed by atoms with Crippen molar-refractivity contribution in [2.24, 2.45) is 0 Å². The van der Waals surface area contributed by atoms with Crippen molar-refractivity contribution < 1.29 is 27.2 Å². The van der Waals surface area contributed by atoms with Gasteiger partial charge in [-0.15, -0.1) is 0 Å². The van der Waals surface area contributed by atoms with Gasteiger partial charge in [0.1, 0.15) is 11.5 Å². The first-order chi connectivity index (χ1) is 21.5. The molecule has 0 radical (unpaired) electrons. The minimum absolute atomic E-state index is 0.0724. The fourth-order valence-corrected chi connectivity index (χ4v) is 6.67. The number of esters is 1. The van der Waals surface area contributed by atoms with Crippen LogP contribution in [0.15, 0.2) is 117 Å². The maximum Gasteiger partial charge on any atom is 0.340 e. The third kappa shape index (κ3) is 6.81. The van der Waals surface area contributed by atoms with Crippen molar-refractivity contribution in [2.45, 2.75) is 44.7 Å². The van der Waals surface area contributed by atoms with Gasteiger partial charge in [0.25, 0.3) is 5.91 Å². The lowest BCUT2D eigenvalue weighted by molar-refractivity contribution is -0.136. The predicted molar refractivity (Wildman–Crippen MR) is 174 cm³/mol. The number of methoxy groups -OCH3 is 1. The highest BCUT2D eigenvalue weighted by molar-refractivity contribution is 7.89. The number of sulfonamides is 1. The van der Waals surface area contributed by atoms with Crippen molar-refractivity contribution in [2.75, 3.05) is 12.0 Å². The molecule has 3 aromatic carbocycles. The van der Waals surface area contributed by atoms with Crippen molar-refractivity contribution in [1.29, 1.82) is 0 Å². The molecule has 0 fully saturated rings. The Morgan fingerprint density at radius 3 is 2.24 bits per heavy atom. The van der Waals surface area contributed by atoms with E-state index in [2.05, 4.69) is 13.8 Å². The summed E-state index contributed by atoms with van der Waals surface area (Å²) >= 11 is 6.04. The maximum absolute atomic E-state index is 13.7. The number of hydrogen-bond donors (Lipinski definition) is 0. The summed E-state index contributed by atoms with van der Waals surface area (Å²) in [5.74, 6) is -0.100. The van der Waals surface area contributed by atoms with E-state index in [0.717, 1.165) is 11.1 Å². The number of allylic oxidation sites excluding steroid dienone is 1. The van der Waals surface area contributed by atoms with Gasteiger partial charge >= 0.3 is 5.97 Å². The molecule has 5 rings (SSSR count). The Kier molecular flexibility index (Phi) is 9.43. The topological polar surface area (TPSA) is 97.1 Å². The number of benzene rings is 3. The minimum Gasteiger partial charge on any atom is -0.465 e. The highest BCUT2D eigenvalue weighted by atomic mass is 35.5. The number of halogens is 1. The van der Waals surface area contributed by atoms with E-state index >= 15 is 0 Å². The van der Waals surface area contributed by atoms with Crippen molar-refractivity contribution in [3.05, 3.63) is 136 Å². The van der Waals surface area contributed by atoms with Gasteiger partial charge in [-0.25, -0.2) is 13.2 Å². The van der Waals surface area contributed by atoms with Gasteiger partial charge in [0.05, 0.1) is 29.7 Å². The first kappa shape index (κ1) is 32.0. The minimum atomic E-state index is -3.91. The molecular formula is C35H33ClN2O6S. The molecule has 8 nitrogen and oxygen atoms in total. The Hall–Kier alpha value is -4.44. The van der Waals surface area contributed by atoms with Gasteiger partial charge in [-0.1, -0.05) is 67.9 Å². The number of nitrogens with zero attached hydrogens (tertiary/aromatic N) is 2. The number of carbonyl (C=O) groups is 2. The van der Waals surface area contributed by atoms with Gasteiger partial charge in [0.15, 0.2) is 0 Å². The summed E-state index contributed by atoms with van der Waals surface area (Å²) in [4.78, 5) is 28.2. The summed E-state index contributed by atoms with van der Waals surface area (Å²) in [5, 5.41) is 0.545. The highest BCUT2D eigenvalue weighted by Crippen LogP contribution is 2.36. The molecule has 0 saturated carbocycles. The van der Waals surface area contributed by atoms with Crippen LogP contribution in [0.3, 0.4) is 0 Å². The molecule has 0 bridgehead atoms.